The van der Waals surface area contributed by atoms with E-state index in [-0.39, 0.29) is 17.9 Å². The fraction of sp³-hybridized carbons (Fsp3) is 0.421. The Morgan fingerprint density at radius 3 is 2.92 bits per heavy atom. The molecule has 6 nitrogen and oxygen atoms in total. The van der Waals surface area contributed by atoms with Crippen molar-refractivity contribution in [2.45, 2.75) is 26.4 Å². The maximum absolute atomic E-state index is 13.0. The average Bonchev–Trinajstić information content (AvgIpc) is 3.31. The number of thiazole rings is 1. The van der Waals surface area contributed by atoms with Crippen LogP contribution in [0.25, 0.3) is 10.2 Å². The summed E-state index contributed by atoms with van der Waals surface area (Å²) in [6.45, 7) is 5.11. The number of aryl methyl sites for hydroxylation is 2. The van der Waals surface area contributed by atoms with Crippen molar-refractivity contribution in [3.05, 3.63) is 46.3 Å². The molecule has 7 heteroatoms. The second kappa shape index (κ2) is 6.81. The largest absolute Gasteiger partial charge is 0.379 e. The van der Waals surface area contributed by atoms with Crippen LogP contribution in [0.4, 0.5) is 0 Å². The van der Waals surface area contributed by atoms with Crippen LogP contribution in [0.5, 0.6) is 0 Å². The van der Waals surface area contributed by atoms with Gasteiger partial charge in [-0.05, 0) is 32.0 Å². The molecule has 1 aromatic carbocycles. The molecule has 0 spiro atoms. The zero-order valence-electron chi connectivity index (χ0n) is 15.1. The molecule has 3 heterocycles. The van der Waals surface area contributed by atoms with Crippen molar-refractivity contribution in [1.29, 1.82) is 0 Å². The number of methoxy groups -OCH3 is 1. The highest BCUT2D eigenvalue weighted by atomic mass is 32.1. The van der Waals surface area contributed by atoms with E-state index in [1.807, 2.05) is 43.0 Å². The number of hydrogen-bond acceptors (Lipinski definition) is 6. The highest BCUT2D eigenvalue weighted by molar-refractivity contribution is 7.18. The molecule has 2 aromatic heterocycles. The first-order valence-electron chi connectivity index (χ1n) is 8.65. The number of fused-ring (bicyclic) bond motifs is 1. The number of carbonyl (C=O) groups excluding carboxylic acids is 1. The lowest BCUT2D eigenvalue weighted by molar-refractivity contribution is 0.0672. The summed E-state index contributed by atoms with van der Waals surface area (Å²) in [5.74, 6) is 1.06. The van der Waals surface area contributed by atoms with Gasteiger partial charge < -0.3 is 14.2 Å². The van der Waals surface area contributed by atoms with Gasteiger partial charge in [-0.2, -0.15) is 0 Å². The van der Waals surface area contributed by atoms with Gasteiger partial charge in [0.25, 0.3) is 5.91 Å². The Labute approximate surface area is 155 Å². The lowest BCUT2D eigenvalue weighted by atomic mass is 10.0. The van der Waals surface area contributed by atoms with Gasteiger partial charge in [0.15, 0.2) is 0 Å². The zero-order valence-corrected chi connectivity index (χ0v) is 15.9. The van der Waals surface area contributed by atoms with Gasteiger partial charge in [-0.25, -0.2) is 4.98 Å². The predicted octanol–water partition coefficient (Wildman–Crippen LogP) is 3.23. The van der Waals surface area contributed by atoms with E-state index in [2.05, 4.69) is 10.1 Å². The summed E-state index contributed by atoms with van der Waals surface area (Å²) in [6, 6.07) is 7.69. The van der Waals surface area contributed by atoms with Crippen molar-refractivity contribution in [2.75, 3.05) is 20.2 Å². The van der Waals surface area contributed by atoms with E-state index in [0.29, 0.717) is 25.1 Å². The van der Waals surface area contributed by atoms with Gasteiger partial charge in [0.2, 0.25) is 0 Å². The summed E-state index contributed by atoms with van der Waals surface area (Å²) < 4.78 is 12.1. The zero-order chi connectivity index (χ0) is 18.3. The maximum atomic E-state index is 13.0. The molecule has 0 bridgehead atoms. The van der Waals surface area contributed by atoms with E-state index in [4.69, 9.17) is 9.26 Å². The summed E-state index contributed by atoms with van der Waals surface area (Å²) >= 11 is 1.64. The van der Waals surface area contributed by atoms with Crippen LogP contribution in [0, 0.1) is 19.8 Å². The Hall–Kier alpha value is -2.25. The third-order valence-corrected chi connectivity index (χ3v) is 5.80. The molecule has 1 aliphatic heterocycles. The van der Waals surface area contributed by atoms with Crippen molar-refractivity contribution < 1.29 is 14.1 Å². The Kier molecular flexibility index (Phi) is 4.50. The van der Waals surface area contributed by atoms with Gasteiger partial charge in [0.05, 0.1) is 27.0 Å². The third kappa shape index (κ3) is 3.24. The molecule has 0 N–H and O–H groups in total. The lowest BCUT2D eigenvalue weighted by Crippen LogP contribution is -2.29. The molecular weight excluding hydrogens is 350 g/mol. The summed E-state index contributed by atoms with van der Waals surface area (Å²) in [7, 11) is 1.70. The molecule has 26 heavy (non-hydrogen) atoms. The van der Waals surface area contributed by atoms with Crippen molar-refractivity contribution in [1.82, 2.24) is 15.0 Å². The van der Waals surface area contributed by atoms with E-state index in [1.54, 1.807) is 18.4 Å². The fourth-order valence-electron chi connectivity index (χ4n) is 3.60. The summed E-state index contributed by atoms with van der Waals surface area (Å²) in [5.41, 5.74) is 2.43. The number of carbonyl (C=O) groups is 1. The number of amides is 1. The van der Waals surface area contributed by atoms with E-state index in [9.17, 15) is 4.79 Å². The number of rotatable bonds is 4. The highest BCUT2D eigenvalue weighted by Gasteiger charge is 2.36. The summed E-state index contributed by atoms with van der Waals surface area (Å²) in [4.78, 5) is 19.3. The molecule has 2 atom stereocenters. The second-order valence-corrected chi connectivity index (χ2v) is 8.03. The third-order valence-electron chi connectivity index (χ3n) is 4.85. The van der Waals surface area contributed by atoms with Crippen LogP contribution in [-0.4, -0.2) is 47.3 Å². The molecule has 4 rings (SSSR count). The lowest BCUT2D eigenvalue weighted by Gasteiger charge is -2.16. The number of nitrogens with zero attached hydrogens (tertiary/aromatic N) is 3. The van der Waals surface area contributed by atoms with E-state index < -0.39 is 0 Å². The maximum Gasteiger partial charge on any atom is 0.254 e. The first-order chi connectivity index (χ1) is 12.5. The Morgan fingerprint density at radius 2 is 2.19 bits per heavy atom. The molecule has 0 unspecified atom stereocenters. The van der Waals surface area contributed by atoms with E-state index >= 15 is 0 Å². The van der Waals surface area contributed by atoms with Crippen molar-refractivity contribution in [3.8, 4) is 0 Å². The van der Waals surface area contributed by atoms with Gasteiger partial charge in [0, 0.05) is 44.2 Å². The molecule has 0 radical (unpaired) electrons. The standard InChI is InChI=1S/C19H21N3O3S/c1-11-6-15(25-21-11)7-14-9-22(10-17(14)24-3)19(23)13-4-5-18-16(8-13)20-12(2)26-18/h4-6,8,14,17H,7,9-10H2,1-3H3/t14-,17+/m1/s1. The van der Waals surface area contributed by atoms with Gasteiger partial charge in [0.1, 0.15) is 5.76 Å². The van der Waals surface area contributed by atoms with Gasteiger partial charge in [-0.15, -0.1) is 11.3 Å². The van der Waals surface area contributed by atoms with Crippen LogP contribution in [0.3, 0.4) is 0 Å². The van der Waals surface area contributed by atoms with Crippen molar-refractivity contribution in [3.63, 3.8) is 0 Å². The van der Waals surface area contributed by atoms with Crippen molar-refractivity contribution in [2.24, 2.45) is 5.92 Å². The molecule has 1 fully saturated rings. The topological polar surface area (TPSA) is 68.5 Å². The summed E-state index contributed by atoms with van der Waals surface area (Å²) in [5, 5.41) is 4.95. The molecule has 0 saturated carbocycles. The number of ether oxygens (including phenoxy) is 1. The van der Waals surface area contributed by atoms with Crippen LogP contribution in [0.2, 0.25) is 0 Å². The molecule has 0 aliphatic carbocycles. The van der Waals surface area contributed by atoms with Gasteiger partial charge in [-0.3, -0.25) is 4.79 Å². The van der Waals surface area contributed by atoms with Gasteiger partial charge >= 0.3 is 0 Å². The van der Waals surface area contributed by atoms with E-state index in [1.165, 1.54) is 0 Å². The fourth-order valence-corrected chi connectivity index (χ4v) is 4.41. The van der Waals surface area contributed by atoms with Gasteiger partial charge in [-0.1, -0.05) is 5.16 Å². The molecule has 1 aliphatic rings. The van der Waals surface area contributed by atoms with Crippen LogP contribution in [0.1, 0.15) is 26.8 Å². The minimum Gasteiger partial charge on any atom is -0.379 e. The van der Waals surface area contributed by atoms with Crippen LogP contribution >= 0.6 is 11.3 Å². The quantitative estimate of drug-likeness (QED) is 0.704. The SMILES string of the molecule is CO[C@H]1CN(C(=O)c2ccc3sc(C)nc3c2)C[C@H]1Cc1cc(C)no1. The molecule has 1 amide bonds. The normalized spacial score (nSPS) is 20.2. The Morgan fingerprint density at radius 1 is 1.35 bits per heavy atom. The van der Waals surface area contributed by atoms with Crippen LogP contribution in [-0.2, 0) is 11.2 Å². The number of likely N-dealkylation sites (tertiary alicyclic amines) is 1. The highest BCUT2D eigenvalue weighted by Crippen LogP contribution is 2.27. The molecular formula is C19H21N3O3S. The monoisotopic (exact) mass is 371 g/mol. The summed E-state index contributed by atoms with van der Waals surface area (Å²) in [6.07, 6.45) is 0.711. The smallest absolute Gasteiger partial charge is 0.254 e. The number of aromatic nitrogens is 2. The Balaban J connectivity index is 1.51. The van der Waals surface area contributed by atoms with Crippen LogP contribution < -0.4 is 0 Å². The number of benzene rings is 1. The first kappa shape index (κ1) is 17.2. The second-order valence-electron chi connectivity index (χ2n) is 6.80. The minimum absolute atomic E-state index is 0.00500. The molecule has 1 saturated heterocycles. The predicted molar refractivity (Wildman–Crippen MR) is 99.5 cm³/mol. The molecule has 136 valence electrons. The first-order valence-corrected chi connectivity index (χ1v) is 9.46. The molecule has 3 aromatic rings. The number of hydrogen-bond donors (Lipinski definition) is 0. The van der Waals surface area contributed by atoms with E-state index in [0.717, 1.165) is 26.7 Å². The average molecular weight is 371 g/mol. The van der Waals surface area contributed by atoms with Crippen LogP contribution in [0.15, 0.2) is 28.8 Å². The Bertz CT molecular complexity index is 949. The minimum atomic E-state index is -0.00500. The van der Waals surface area contributed by atoms with Crippen molar-refractivity contribution >= 4 is 27.5 Å².